The quantitative estimate of drug-likeness (QED) is 0.715. The number of carbonyl (C=O) groups excluding carboxylic acids is 1. The first-order valence-corrected chi connectivity index (χ1v) is 6.86. The topological polar surface area (TPSA) is 85.6 Å². The summed E-state index contributed by atoms with van der Waals surface area (Å²) >= 11 is 6.20. The summed E-state index contributed by atoms with van der Waals surface area (Å²) < 4.78 is 11.2. The average molecular weight is 300 g/mol. The van der Waals surface area contributed by atoms with E-state index in [2.05, 4.69) is 10.6 Å². The lowest BCUT2D eigenvalue weighted by molar-refractivity contribution is 0.249. The lowest BCUT2D eigenvalue weighted by Gasteiger charge is -2.12. The molecule has 0 fully saturated rings. The van der Waals surface area contributed by atoms with E-state index in [0.29, 0.717) is 49.4 Å². The second-order valence-corrected chi connectivity index (χ2v) is 4.83. The minimum atomic E-state index is -0.523. The molecular formula is C13H18ClN3O3. The Hall–Kier alpha value is -1.66. The fourth-order valence-electron chi connectivity index (χ4n) is 1.89. The molecule has 1 aliphatic rings. The van der Waals surface area contributed by atoms with E-state index in [1.807, 2.05) is 12.1 Å². The molecule has 0 spiro atoms. The van der Waals surface area contributed by atoms with E-state index in [1.165, 1.54) is 0 Å². The number of carbonyl (C=O) groups is 1. The highest BCUT2D eigenvalue weighted by Gasteiger charge is 2.15. The molecule has 0 atom stereocenters. The predicted octanol–water partition coefficient (Wildman–Crippen LogP) is 1.26. The van der Waals surface area contributed by atoms with Crippen molar-refractivity contribution in [3.05, 3.63) is 22.7 Å². The molecule has 2 amide bonds. The van der Waals surface area contributed by atoms with Gasteiger partial charge in [-0.15, -0.1) is 0 Å². The van der Waals surface area contributed by atoms with Crippen molar-refractivity contribution in [1.29, 1.82) is 0 Å². The third-order valence-electron chi connectivity index (χ3n) is 2.79. The molecule has 2 rings (SSSR count). The molecule has 4 N–H and O–H groups in total. The summed E-state index contributed by atoms with van der Waals surface area (Å²) in [4.78, 5) is 10.5. The molecule has 7 heteroatoms. The fourth-order valence-corrected chi connectivity index (χ4v) is 2.18. The first-order chi connectivity index (χ1) is 9.66. The van der Waals surface area contributed by atoms with Gasteiger partial charge in [-0.25, -0.2) is 4.79 Å². The molecule has 0 saturated heterocycles. The van der Waals surface area contributed by atoms with Gasteiger partial charge in [0.05, 0.1) is 18.2 Å². The van der Waals surface area contributed by atoms with Gasteiger partial charge in [0.25, 0.3) is 0 Å². The van der Waals surface area contributed by atoms with Crippen LogP contribution in [0.4, 0.5) is 4.79 Å². The zero-order valence-electron chi connectivity index (χ0n) is 11.1. The van der Waals surface area contributed by atoms with E-state index in [-0.39, 0.29) is 0 Å². The highest BCUT2D eigenvalue weighted by Crippen LogP contribution is 2.37. The average Bonchev–Trinajstić information content (AvgIpc) is 2.63. The molecule has 20 heavy (non-hydrogen) atoms. The van der Waals surface area contributed by atoms with E-state index in [4.69, 9.17) is 26.8 Å². The smallest absolute Gasteiger partial charge is 0.312 e. The maximum Gasteiger partial charge on any atom is 0.312 e. The highest BCUT2D eigenvalue weighted by atomic mass is 35.5. The molecule has 1 aromatic carbocycles. The van der Waals surface area contributed by atoms with Crippen LogP contribution in [0, 0.1) is 0 Å². The fraction of sp³-hybridized carbons (Fsp3) is 0.462. The van der Waals surface area contributed by atoms with Crippen LogP contribution in [-0.4, -0.2) is 32.3 Å². The number of hydrogen-bond donors (Lipinski definition) is 3. The van der Waals surface area contributed by atoms with Crippen LogP contribution in [0.2, 0.25) is 5.02 Å². The van der Waals surface area contributed by atoms with Gasteiger partial charge in [0.1, 0.15) is 0 Å². The number of nitrogens with two attached hydrogens (primary N) is 1. The second-order valence-electron chi connectivity index (χ2n) is 4.42. The van der Waals surface area contributed by atoms with Gasteiger partial charge in [-0.3, -0.25) is 0 Å². The normalized spacial score (nSPS) is 13.7. The Morgan fingerprint density at radius 2 is 2.10 bits per heavy atom. The van der Waals surface area contributed by atoms with Crippen LogP contribution in [0.3, 0.4) is 0 Å². The molecule has 0 unspecified atom stereocenters. The van der Waals surface area contributed by atoms with Crippen LogP contribution in [0.1, 0.15) is 12.0 Å². The van der Waals surface area contributed by atoms with Crippen molar-refractivity contribution in [2.24, 2.45) is 5.73 Å². The van der Waals surface area contributed by atoms with Crippen molar-refractivity contribution in [2.75, 3.05) is 26.3 Å². The molecule has 1 aliphatic heterocycles. The van der Waals surface area contributed by atoms with Gasteiger partial charge in [-0.05, 0) is 17.7 Å². The summed E-state index contributed by atoms with van der Waals surface area (Å²) in [5.74, 6) is 1.30. The molecule has 0 aliphatic carbocycles. The lowest BCUT2D eigenvalue weighted by Crippen LogP contribution is -2.35. The predicted molar refractivity (Wildman–Crippen MR) is 76.4 cm³/mol. The van der Waals surface area contributed by atoms with Gasteiger partial charge >= 0.3 is 6.03 Å². The summed E-state index contributed by atoms with van der Waals surface area (Å²) in [5, 5.41) is 6.24. The van der Waals surface area contributed by atoms with Gasteiger partial charge < -0.3 is 25.8 Å². The van der Waals surface area contributed by atoms with Crippen molar-refractivity contribution in [1.82, 2.24) is 10.6 Å². The van der Waals surface area contributed by atoms with E-state index in [0.717, 1.165) is 12.0 Å². The maximum absolute atomic E-state index is 10.5. The largest absolute Gasteiger partial charge is 0.489 e. The van der Waals surface area contributed by atoms with Crippen LogP contribution < -0.4 is 25.8 Å². The molecule has 110 valence electrons. The number of amides is 2. The number of halogens is 1. The van der Waals surface area contributed by atoms with E-state index in [1.54, 1.807) is 0 Å². The molecule has 0 bridgehead atoms. The Morgan fingerprint density at radius 3 is 2.90 bits per heavy atom. The molecule has 0 saturated carbocycles. The number of primary amides is 1. The number of urea groups is 1. The summed E-state index contributed by atoms with van der Waals surface area (Å²) in [6.45, 7) is 2.96. The molecule has 1 aromatic rings. The van der Waals surface area contributed by atoms with E-state index < -0.39 is 6.03 Å². The molecule has 6 nitrogen and oxygen atoms in total. The van der Waals surface area contributed by atoms with Gasteiger partial charge in [-0.2, -0.15) is 0 Å². The summed E-state index contributed by atoms with van der Waals surface area (Å²) in [6.07, 6.45) is 0.845. The Morgan fingerprint density at radius 1 is 1.30 bits per heavy atom. The molecule has 1 heterocycles. The number of rotatable bonds is 5. The van der Waals surface area contributed by atoms with Crippen molar-refractivity contribution in [3.63, 3.8) is 0 Å². The Labute approximate surface area is 122 Å². The molecular weight excluding hydrogens is 282 g/mol. The minimum Gasteiger partial charge on any atom is -0.489 e. The van der Waals surface area contributed by atoms with Crippen molar-refractivity contribution >= 4 is 17.6 Å². The summed E-state index contributed by atoms with van der Waals surface area (Å²) in [5.41, 5.74) is 5.97. The van der Waals surface area contributed by atoms with Crippen LogP contribution in [0.25, 0.3) is 0 Å². The number of benzene rings is 1. The van der Waals surface area contributed by atoms with Gasteiger partial charge in [0, 0.05) is 26.1 Å². The third kappa shape index (κ3) is 4.18. The highest BCUT2D eigenvalue weighted by molar-refractivity contribution is 6.32. The summed E-state index contributed by atoms with van der Waals surface area (Å²) in [6, 6.07) is 3.25. The first-order valence-electron chi connectivity index (χ1n) is 6.49. The van der Waals surface area contributed by atoms with E-state index >= 15 is 0 Å². The Balaban J connectivity index is 1.90. The Kier molecular flexibility index (Phi) is 5.31. The Bertz CT molecular complexity index is 482. The van der Waals surface area contributed by atoms with Crippen LogP contribution in [0.5, 0.6) is 11.5 Å². The number of nitrogens with one attached hydrogen (secondary N) is 2. The standard InChI is InChI=1S/C13H18ClN3O3/c14-10-6-9(8-16-2-3-17-13(15)18)7-11-12(10)20-5-1-4-19-11/h6-7,16H,1-5,8H2,(H3,15,17,18). The number of fused-ring (bicyclic) bond motifs is 1. The van der Waals surface area contributed by atoms with Crippen LogP contribution in [-0.2, 0) is 6.54 Å². The van der Waals surface area contributed by atoms with Crippen molar-refractivity contribution in [2.45, 2.75) is 13.0 Å². The van der Waals surface area contributed by atoms with Crippen LogP contribution >= 0.6 is 11.6 Å². The zero-order valence-corrected chi connectivity index (χ0v) is 11.8. The SMILES string of the molecule is NC(=O)NCCNCc1cc(Cl)c2c(c1)OCCCO2. The number of hydrogen-bond acceptors (Lipinski definition) is 4. The zero-order chi connectivity index (χ0) is 14.4. The number of ether oxygens (including phenoxy) is 2. The lowest BCUT2D eigenvalue weighted by atomic mass is 10.2. The third-order valence-corrected chi connectivity index (χ3v) is 3.07. The van der Waals surface area contributed by atoms with Crippen molar-refractivity contribution in [3.8, 4) is 11.5 Å². The van der Waals surface area contributed by atoms with Gasteiger partial charge in [0.15, 0.2) is 11.5 Å². The summed E-state index contributed by atoms with van der Waals surface area (Å²) in [7, 11) is 0. The molecule has 0 radical (unpaired) electrons. The monoisotopic (exact) mass is 299 g/mol. The van der Waals surface area contributed by atoms with Gasteiger partial charge in [-0.1, -0.05) is 11.6 Å². The first kappa shape index (κ1) is 14.7. The second kappa shape index (κ2) is 7.21. The van der Waals surface area contributed by atoms with Gasteiger partial charge in [0.2, 0.25) is 0 Å². The van der Waals surface area contributed by atoms with Crippen molar-refractivity contribution < 1.29 is 14.3 Å². The maximum atomic E-state index is 10.5. The van der Waals surface area contributed by atoms with Crippen LogP contribution in [0.15, 0.2) is 12.1 Å². The van der Waals surface area contributed by atoms with E-state index in [9.17, 15) is 4.79 Å². The minimum absolute atomic E-state index is 0.480. The molecule has 0 aromatic heterocycles.